The summed E-state index contributed by atoms with van der Waals surface area (Å²) in [6, 6.07) is 6.13. The quantitative estimate of drug-likeness (QED) is 0.727. The van der Waals surface area contributed by atoms with Gasteiger partial charge in [-0.2, -0.15) is 0 Å². The van der Waals surface area contributed by atoms with Gasteiger partial charge in [-0.05, 0) is 81.9 Å². The second kappa shape index (κ2) is 6.49. The first-order valence-corrected chi connectivity index (χ1v) is 10.9. The molecule has 0 heterocycles. The lowest BCUT2D eigenvalue weighted by atomic mass is 9.78. The largest absolute Gasteiger partial charge is 0.228 e. The zero-order valence-corrected chi connectivity index (χ0v) is 16.4. The van der Waals surface area contributed by atoms with Crippen LogP contribution in [-0.4, -0.2) is 18.9 Å². The van der Waals surface area contributed by atoms with E-state index in [2.05, 4.69) is 12.1 Å². The maximum absolute atomic E-state index is 12.4. The standard InChI is InChI=1S/C20H27ClO2S/c1-20(2,3)24(22,23)13-14-7-9-15(10-8-14)17-11-16-5-4-6-19(21)18(16)12-17/h4-6,12,14-15H,7-11,13H2,1-3H3. The predicted molar refractivity (Wildman–Crippen MR) is 102 cm³/mol. The van der Waals surface area contributed by atoms with Gasteiger partial charge in [0.25, 0.3) is 0 Å². The van der Waals surface area contributed by atoms with Crippen molar-refractivity contribution in [1.29, 1.82) is 0 Å². The second-order valence-corrected chi connectivity index (χ2v) is 11.5. The molecule has 0 N–H and O–H groups in total. The van der Waals surface area contributed by atoms with Gasteiger partial charge in [-0.3, -0.25) is 0 Å². The van der Waals surface area contributed by atoms with E-state index in [0.29, 0.717) is 17.6 Å². The molecule has 4 heteroatoms. The van der Waals surface area contributed by atoms with Gasteiger partial charge in [0.15, 0.2) is 9.84 Å². The fraction of sp³-hybridized carbons (Fsp3) is 0.600. The fourth-order valence-corrected chi connectivity index (χ4v) is 5.58. The van der Waals surface area contributed by atoms with Gasteiger partial charge in [-0.25, -0.2) is 8.42 Å². The molecule has 0 spiro atoms. The summed E-state index contributed by atoms with van der Waals surface area (Å²) < 4.78 is 24.2. The summed E-state index contributed by atoms with van der Waals surface area (Å²) in [6.45, 7) is 5.41. The third kappa shape index (κ3) is 3.57. The van der Waals surface area contributed by atoms with E-state index in [-0.39, 0.29) is 0 Å². The molecule has 0 aromatic heterocycles. The van der Waals surface area contributed by atoms with Crippen LogP contribution in [0.2, 0.25) is 5.02 Å². The van der Waals surface area contributed by atoms with E-state index in [1.54, 1.807) is 20.8 Å². The molecular weight excluding hydrogens is 340 g/mol. The first kappa shape index (κ1) is 18.0. The number of halogens is 1. The van der Waals surface area contributed by atoms with Crippen molar-refractivity contribution in [2.75, 3.05) is 5.75 Å². The van der Waals surface area contributed by atoms with Crippen molar-refractivity contribution in [3.8, 4) is 0 Å². The average Bonchev–Trinajstić information content (AvgIpc) is 2.92. The van der Waals surface area contributed by atoms with E-state index in [9.17, 15) is 8.42 Å². The number of allylic oxidation sites excluding steroid dienone is 1. The fourth-order valence-electron chi connectivity index (χ4n) is 3.88. The molecule has 2 aliphatic rings. The Bertz CT molecular complexity index is 748. The second-order valence-electron chi connectivity index (χ2n) is 8.32. The molecule has 24 heavy (non-hydrogen) atoms. The van der Waals surface area contributed by atoms with E-state index in [1.165, 1.54) is 16.7 Å². The summed E-state index contributed by atoms with van der Waals surface area (Å²) in [6.07, 6.45) is 7.51. The highest BCUT2D eigenvalue weighted by Crippen LogP contribution is 2.41. The maximum Gasteiger partial charge on any atom is 0.155 e. The van der Waals surface area contributed by atoms with Gasteiger partial charge in [0.2, 0.25) is 0 Å². The summed E-state index contributed by atoms with van der Waals surface area (Å²) >= 11 is 6.30. The molecule has 0 amide bonds. The van der Waals surface area contributed by atoms with Crippen molar-refractivity contribution in [3.63, 3.8) is 0 Å². The molecule has 2 aliphatic carbocycles. The lowest BCUT2D eigenvalue weighted by Crippen LogP contribution is -2.34. The summed E-state index contributed by atoms with van der Waals surface area (Å²) in [5, 5.41) is 0.840. The van der Waals surface area contributed by atoms with Crippen molar-refractivity contribution in [2.24, 2.45) is 11.8 Å². The Labute approximate surface area is 151 Å². The Hall–Kier alpha value is -0.800. The van der Waals surface area contributed by atoms with E-state index in [0.717, 1.165) is 37.1 Å². The molecule has 0 unspecified atom stereocenters. The van der Waals surface area contributed by atoms with E-state index >= 15 is 0 Å². The Balaban J connectivity index is 1.61. The minimum absolute atomic E-state index is 0.318. The molecule has 0 radical (unpaired) electrons. The number of fused-ring (bicyclic) bond motifs is 1. The van der Waals surface area contributed by atoms with Crippen molar-refractivity contribution in [2.45, 2.75) is 57.6 Å². The molecule has 1 fully saturated rings. The van der Waals surface area contributed by atoms with Gasteiger partial charge in [0.1, 0.15) is 0 Å². The normalized spacial score (nSPS) is 24.6. The maximum atomic E-state index is 12.4. The van der Waals surface area contributed by atoms with Gasteiger partial charge in [0, 0.05) is 5.02 Å². The average molecular weight is 367 g/mol. The molecule has 3 rings (SSSR count). The molecule has 0 atom stereocenters. The number of hydrogen-bond donors (Lipinski definition) is 0. The summed E-state index contributed by atoms with van der Waals surface area (Å²) in [5.41, 5.74) is 4.00. The highest BCUT2D eigenvalue weighted by atomic mass is 35.5. The number of rotatable bonds is 3. The van der Waals surface area contributed by atoms with Crippen LogP contribution in [0.1, 0.15) is 57.6 Å². The van der Waals surface area contributed by atoms with Crippen molar-refractivity contribution in [1.82, 2.24) is 0 Å². The van der Waals surface area contributed by atoms with Gasteiger partial charge in [-0.15, -0.1) is 0 Å². The lowest BCUT2D eigenvalue weighted by molar-refractivity contribution is 0.319. The number of sulfone groups is 1. The van der Waals surface area contributed by atoms with E-state index in [1.807, 2.05) is 12.1 Å². The minimum Gasteiger partial charge on any atom is -0.228 e. The first-order valence-electron chi connectivity index (χ1n) is 8.87. The topological polar surface area (TPSA) is 34.1 Å². The zero-order valence-electron chi connectivity index (χ0n) is 14.8. The lowest BCUT2D eigenvalue weighted by Gasteiger charge is -2.31. The van der Waals surface area contributed by atoms with Crippen LogP contribution in [0.15, 0.2) is 23.8 Å². The van der Waals surface area contributed by atoms with Crippen molar-refractivity contribution in [3.05, 3.63) is 39.9 Å². The molecule has 1 aromatic rings. The van der Waals surface area contributed by atoms with Crippen LogP contribution in [0.5, 0.6) is 0 Å². The van der Waals surface area contributed by atoms with E-state index in [4.69, 9.17) is 11.6 Å². The van der Waals surface area contributed by atoms with Crippen LogP contribution in [0.25, 0.3) is 6.08 Å². The van der Waals surface area contributed by atoms with Crippen LogP contribution in [0.4, 0.5) is 0 Å². The minimum atomic E-state index is -3.02. The monoisotopic (exact) mass is 366 g/mol. The highest BCUT2D eigenvalue weighted by Gasteiger charge is 2.34. The molecule has 1 aromatic carbocycles. The smallest absolute Gasteiger partial charge is 0.155 e. The first-order chi connectivity index (χ1) is 11.2. The Morgan fingerprint density at radius 1 is 1.12 bits per heavy atom. The summed E-state index contributed by atoms with van der Waals surface area (Å²) in [7, 11) is -3.02. The zero-order chi connectivity index (χ0) is 17.5. The summed E-state index contributed by atoms with van der Waals surface area (Å²) in [4.78, 5) is 0. The van der Waals surface area contributed by atoms with Crippen molar-refractivity contribution >= 4 is 27.5 Å². The van der Waals surface area contributed by atoms with Gasteiger partial charge >= 0.3 is 0 Å². The Kier molecular flexibility index (Phi) is 4.87. The Morgan fingerprint density at radius 2 is 1.79 bits per heavy atom. The van der Waals surface area contributed by atoms with Crippen LogP contribution in [0.3, 0.4) is 0 Å². The summed E-state index contributed by atoms with van der Waals surface area (Å²) in [5.74, 6) is 1.24. The highest BCUT2D eigenvalue weighted by molar-refractivity contribution is 7.92. The SMILES string of the molecule is CC(C)(C)S(=O)(=O)CC1CCC(C2=Cc3c(Cl)cccc3C2)CC1. The van der Waals surface area contributed by atoms with E-state index < -0.39 is 14.6 Å². The molecule has 0 bridgehead atoms. The van der Waals surface area contributed by atoms with Crippen LogP contribution in [0, 0.1) is 11.8 Å². The molecular formula is C20H27ClO2S. The Morgan fingerprint density at radius 3 is 2.38 bits per heavy atom. The van der Waals surface area contributed by atoms with Gasteiger partial charge < -0.3 is 0 Å². The molecule has 1 saturated carbocycles. The molecule has 132 valence electrons. The third-order valence-electron chi connectivity index (χ3n) is 5.63. The van der Waals surface area contributed by atoms with Crippen LogP contribution < -0.4 is 0 Å². The molecule has 0 saturated heterocycles. The third-order valence-corrected chi connectivity index (χ3v) is 8.73. The van der Waals surface area contributed by atoms with Gasteiger partial charge in [-0.1, -0.05) is 35.4 Å². The van der Waals surface area contributed by atoms with Crippen LogP contribution in [-0.2, 0) is 16.3 Å². The number of hydrogen-bond acceptors (Lipinski definition) is 2. The molecule has 2 nitrogen and oxygen atoms in total. The predicted octanol–water partition coefficient (Wildman–Crippen LogP) is 5.30. The molecule has 0 aliphatic heterocycles. The van der Waals surface area contributed by atoms with Crippen LogP contribution >= 0.6 is 11.6 Å². The van der Waals surface area contributed by atoms with Crippen molar-refractivity contribution < 1.29 is 8.42 Å². The van der Waals surface area contributed by atoms with Gasteiger partial charge in [0.05, 0.1) is 10.5 Å². The number of benzene rings is 1.